The van der Waals surface area contributed by atoms with Crippen LogP contribution in [-0.2, 0) is 58.1 Å². The topological polar surface area (TPSA) is 284 Å². The van der Waals surface area contributed by atoms with Gasteiger partial charge in [-0.1, -0.05) is 124 Å². The van der Waals surface area contributed by atoms with Gasteiger partial charge in [0, 0.05) is 179 Å². The molecule has 700 valence electrons. The first-order valence-corrected chi connectivity index (χ1v) is 47.0. The van der Waals surface area contributed by atoms with Gasteiger partial charge in [-0.25, -0.2) is 13.2 Å². The predicted octanol–water partition coefficient (Wildman–Crippen LogP) is 14.1. The third-order valence-electron chi connectivity index (χ3n) is 27.8. The first kappa shape index (κ1) is 94.0. The molecule has 134 heavy (non-hydrogen) atoms. The van der Waals surface area contributed by atoms with Crippen LogP contribution in [0.15, 0.2) is 146 Å². The molecule has 3 aromatic heterocycles. The lowest BCUT2D eigenvalue weighted by molar-refractivity contribution is -0.132. The Labute approximate surface area is 782 Å². The van der Waals surface area contributed by atoms with Gasteiger partial charge in [0.1, 0.15) is 30.7 Å². The molecular formula is C103H120F3N21O7. The molecule has 0 bridgehead atoms. The maximum atomic E-state index is 13.8. The largest absolute Gasteiger partial charge is 0.463 e. The zero-order valence-electron chi connectivity index (χ0n) is 78.0. The molecule has 0 spiro atoms. The fourth-order valence-electron chi connectivity index (χ4n) is 20.9. The van der Waals surface area contributed by atoms with E-state index in [1.165, 1.54) is 101 Å². The Bertz CT molecular complexity index is 6070. The van der Waals surface area contributed by atoms with Crippen LogP contribution in [0.1, 0.15) is 129 Å². The summed E-state index contributed by atoms with van der Waals surface area (Å²) in [7, 11) is 1.79. The lowest BCUT2D eigenvalue weighted by Gasteiger charge is -2.49. The van der Waals surface area contributed by atoms with Gasteiger partial charge in [-0.2, -0.15) is 45.7 Å². The molecule has 5 atom stereocenters. The summed E-state index contributed by atoms with van der Waals surface area (Å²) in [6.07, 6.45) is 8.90. The summed E-state index contributed by atoms with van der Waals surface area (Å²) in [5.41, 5.74) is 13.1. The van der Waals surface area contributed by atoms with Gasteiger partial charge in [-0.3, -0.25) is 29.0 Å². The highest BCUT2D eigenvalue weighted by Crippen LogP contribution is 2.42. The van der Waals surface area contributed by atoms with E-state index in [0.29, 0.717) is 122 Å². The second kappa shape index (κ2) is 41.5. The van der Waals surface area contributed by atoms with Crippen LogP contribution < -0.4 is 43.6 Å². The average molecular weight is 1820 g/mol. The smallest absolute Gasteiger partial charge is 0.318 e. The number of likely N-dealkylation sites (tertiary alicyclic amines) is 3. The van der Waals surface area contributed by atoms with E-state index in [2.05, 4.69) is 228 Å². The monoisotopic (exact) mass is 1820 g/mol. The Morgan fingerprint density at radius 1 is 0.440 bits per heavy atom. The van der Waals surface area contributed by atoms with Crippen molar-refractivity contribution in [3.05, 3.63) is 197 Å². The molecule has 31 heteroatoms. The minimum absolute atomic E-state index is 0.0501. The van der Waals surface area contributed by atoms with E-state index >= 15 is 0 Å². The van der Waals surface area contributed by atoms with Crippen molar-refractivity contribution in [1.29, 1.82) is 15.8 Å². The molecule has 9 aromatic rings. The summed E-state index contributed by atoms with van der Waals surface area (Å²) < 4.78 is 60.2. The number of halogens is 3. The van der Waals surface area contributed by atoms with Crippen molar-refractivity contribution < 1.29 is 46.6 Å². The van der Waals surface area contributed by atoms with Crippen molar-refractivity contribution >= 4 is 90.5 Å². The molecule has 18 rings (SSSR count). The second-order valence-corrected chi connectivity index (χ2v) is 37.6. The fraction of sp³-hybridized carbons (Fsp3) is 0.466. The SMILES string of the molecule is C=C(F)C(=O)N1CCN(c2nc(OCC3CCN3C(C)(C)C)nc3c2CCN(c2cccc4cccc(C)c24)C3)C[C@@H]1CC#N.C=C(F)C(=O)N1CCN(c2nc(OCCN3CCCCCC3)nc3c2CCN(c2cccc4cccc(C)c24)C3)C[C@@H]1CC#N.C=C(F)C(=O)N1CCN(c2nc(OC[C@H]3CC(=O)N(C)C3)nc3c2CCN(c2cccc4cccc(C)c24)C3)C[C@@H]1CC#N. The number of aromatic nitrogens is 6. The van der Waals surface area contributed by atoms with Crippen molar-refractivity contribution in [1.82, 2.24) is 59.3 Å². The maximum Gasteiger partial charge on any atom is 0.318 e. The number of carbonyl (C=O) groups excluding carboxylic acids is 4. The number of ether oxygens (including phenoxy) is 3. The number of rotatable bonds is 22. The highest BCUT2D eigenvalue weighted by Gasteiger charge is 2.42. The number of hydrogen-bond donors (Lipinski definition) is 0. The lowest BCUT2D eigenvalue weighted by atomic mass is 9.94. The average Bonchev–Trinajstić information content (AvgIpc) is 0.789. The van der Waals surface area contributed by atoms with Gasteiger partial charge in [-0.05, 0) is 144 Å². The highest BCUT2D eigenvalue weighted by atomic mass is 19.1. The molecular weight excluding hydrogens is 1700 g/mol. The van der Waals surface area contributed by atoms with Gasteiger partial charge in [0.2, 0.25) is 5.91 Å². The molecule has 6 fully saturated rings. The summed E-state index contributed by atoms with van der Waals surface area (Å²) in [5, 5.41) is 35.9. The molecule has 4 amide bonds. The number of nitrogens with zero attached hydrogens (tertiary/aromatic N) is 21. The van der Waals surface area contributed by atoms with Gasteiger partial charge in [0.25, 0.3) is 17.7 Å². The first-order valence-electron chi connectivity index (χ1n) is 47.0. The van der Waals surface area contributed by atoms with Gasteiger partial charge >= 0.3 is 18.0 Å². The summed E-state index contributed by atoms with van der Waals surface area (Å²) in [4.78, 5) is 104. The van der Waals surface area contributed by atoms with Crippen molar-refractivity contribution in [3.63, 3.8) is 0 Å². The van der Waals surface area contributed by atoms with Gasteiger partial charge in [-0.15, -0.1) is 0 Å². The zero-order valence-corrected chi connectivity index (χ0v) is 78.0. The van der Waals surface area contributed by atoms with Crippen LogP contribution in [0.5, 0.6) is 18.0 Å². The van der Waals surface area contributed by atoms with Crippen LogP contribution in [0.4, 0.5) is 47.7 Å². The minimum Gasteiger partial charge on any atom is -0.463 e. The third-order valence-corrected chi connectivity index (χ3v) is 27.8. The van der Waals surface area contributed by atoms with E-state index in [1.807, 2.05) is 0 Å². The molecule has 0 radical (unpaired) electrons. The Morgan fingerprint density at radius 3 is 1.13 bits per heavy atom. The minimum atomic E-state index is -1.03. The number of carbonyl (C=O) groups is 4. The van der Waals surface area contributed by atoms with E-state index in [9.17, 15) is 48.1 Å². The summed E-state index contributed by atoms with van der Waals surface area (Å²) in [6.45, 7) is 35.9. The van der Waals surface area contributed by atoms with Gasteiger partial charge in [0.05, 0.1) is 98.9 Å². The lowest BCUT2D eigenvalue weighted by Crippen LogP contribution is -2.59. The number of anilines is 6. The van der Waals surface area contributed by atoms with E-state index in [1.54, 1.807) is 11.9 Å². The number of fused-ring (bicyclic) bond motifs is 6. The molecule has 1 unspecified atom stereocenters. The summed E-state index contributed by atoms with van der Waals surface area (Å²) >= 11 is 0. The first-order chi connectivity index (χ1) is 64.7. The van der Waals surface area contributed by atoms with Crippen molar-refractivity contribution in [3.8, 4) is 36.2 Å². The molecule has 6 saturated heterocycles. The van der Waals surface area contributed by atoms with E-state index in [-0.39, 0.29) is 62.3 Å². The third kappa shape index (κ3) is 20.8. The standard InChI is InChI=1S/2C35H42FN7O2.C33H36FN7O3/c1-23-8-6-9-25-10-7-11-30(31(23)25)40-16-14-28-29(21-40)38-34(45-22-27-13-17-43(27)35(3,4)5)39-32(28)41-18-19-42(33(44)24(2)36)26(20-41)12-15-37;1-25-9-7-10-27-11-8-12-31(32(25)27)41-18-14-29-30(24-41)38-35(45-22-21-40-16-5-3-4-6-17-40)39-33(29)42-19-20-43(34(44)26(2)36)28(23-42)13-15-37;1-21-6-4-7-24-8-5-9-28(30(21)24)39-13-11-26-27(19-39)36-33(44-20-23-16-29(42)38(3)17-23)37-31(26)40-14-15-41(32(43)22(2)34)25(18-40)10-12-35/h6-11,26-27H,2,12-14,16-22H2,1,3-5H3;7-12,28H,2-6,13-14,16-24H2,1H3;4-9,23,25H,2,10-11,13-20H2,1,3H3/t26-,27?;28-;23-,25-/m000/s1. The van der Waals surface area contributed by atoms with Crippen LogP contribution in [0.25, 0.3) is 32.3 Å². The number of piperazine rings is 3. The van der Waals surface area contributed by atoms with E-state index in [0.717, 1.165) is 116 Å². The fourth-order valence-corrected chi connectivity index (χ4v) is 20.9. The second-order valence-electron chi connectivity index (χ2n) is 37.6. The Kier molecular flexibility index (Phi) is 29.1. The predicted molar refractivity (Wildman–Crippen MR) is 513 cm³/mol. The number of benzene rings is 6. The quantitative estimate of drug-likeness (QED) is 0.0570. The summed E-state index contributed by atoms with van der Waals surface area (Å²) in [5.74, 6) is -2.91. The van der Waals surface area contributed by atoms with Gasteiger partial charge < -0.3 is 63.2 Å². The molecule has 9 aliphatic rings. The van der Waals surface area contributed by atoms with Crippen molar-refractivity contribution in [2.45, 2.75) is 168 Å². The van der Waals surface area contributed by atoms with Gasteiger partial charge in [0.15, 0.2) is 17.5 Å². The number of amides is 4. The Morgan fingerprint density at radius 2 is 0.799 bits per heavy atom. The zero-order chi connectivity index (χ0) is 94.2. The van der Waals surface area contributed by atoms with E-state index < -0.39 is 53.3 Å². The van der Waals surface area contributed by atoms with Crippen LogP contribution >= 0.6 is 0 Å². The van der Waals surface area contributed by atoms with Crippen LogP contribution in [0, 0.1) is 60.7 Å². The molecule has 9 aliphatic heterocycles. The van der Waals surface area contributed by atoms with Crippen molar-refractivity contribution in [2.24, 2.45) is 5.92 Å². The highest BCUT2D eigenvalue weighted by molar-refractivity contribution is 6.00. The number of hydrogen-bond acceptors (Lipinski definition) is 24. The molecule has 0 saturated carbocycles. The normalized spacial score (nSPS) is 19.9. The molecule has 12 heterocycles. The van der Waals surface area contributed by atoms with Crippen LogP contribution in [0.2, 0.25) is 0 Å². The summed E-state index contributed by atoms with van der Waals surface area (Å²) in [6, 6.07) is 44.6. The van der Waals surface area contributed by atoms with Crippen molar-refractivity contribution in [2.75, 3.05) is 168 Å². The van der Waals surface area contributed by atoms with Crippen LogP contribution in [-0.4, -0.2) is 251 Å². The molecule has 6 aromatic carbocycles. The number of nitriles is 3. The molecule has 28 nitrogen and oxygen atoms in total. The number of aryl methyl sites for hydroxylation is 3. The molecule has 0 N–H and O–H groups in total. The molecule has 0 aliphatic carbocycles. The Hall–Kier alpha value is -13.2. The van der Waals surface area contributed by atoms with E-state index in [4.69, 9.17) is 44.1 Å². The Balaban J connectivity index is 0.000000146. The maximum absolute atomic E-state index is 13.8. The van der Waals surface area contributed by atoms with Crippen LogP contribution in [0.3, 0.4) is 0 Å².